The number of hydrogen-bond donors (Lipinski definition) is 3. The Kier molecular flexibility index (Phi) is 5.02. The number of nitrogens with zero attached hydrogens (tertiary/aromatic N) is 2. The number of carbonyl (C=O) groups excluding carboxylic acids is 1. The summed E-state index contributed by atoms with van der Waals surface area (Å²) in [5.41, 5.74) is -0.867. The molecule has 2 heterocycles. The number of amides is 1. The number of H-pyrrole nitrogens is 1. The molecule has 9 nitrogen and oxygen atoms in total. The van der Waals surface area contributed by atoms with Gasteiger partial charge in [-0.15, -0.1) is 5.10 Å². The van der Waals surface area contributed by atoms with Gasteiger partial charge in [0, 0.05) is 0 Å². The average molecular weight is 437 g/mol. The maximum atomic E-state index is 14.8. The highest BCUT2D eigenvalue weighted by Crippen LogP contribution is 2.31. The predicted molar refractivity (Wildman–Crippen MR) is 105 cm³/mol. The lowest BCUT2D eigenvalue weighted by Gasteiger charge is -2.12. The molecule has 0 aliphatic heterocycles. The number of nitrogens with one attached hydrogen (secondary N) is 3. The molecule has 3 aromatic rings. The third-order valence-corrected chi connectivity index (χ3v) is 6.01. The topological polar surface area (TPSA) is 126 Å². The van der Waals surface area contributed by atoms with Crippen molar-refractivity contribution in [2.45, 2.75) is 12.8 Å². The van der Waals surface area contributed by atoms with E-state index in [-0.39, 0.29) is 23.2 Å². The number of fused-ring (bicyclic) bond motifs is 1. The summed E-state index contributed by atoms with van der Waals surface area (Å²) in [4.78, 5) is 16.6. The Balaban J connectivity index is 1.60. The zero-order valence-corrected chi connectivity index (χ0v) is 16.5. The van der Waals surface area contributed by atoms with Crippen LogP contribution in [0.5, 0.6) is 5.88 Å². The molecule has 0 unspecified atom stereocenters. The number of aromatic amines is 1. The van der Waals surface area contributed by atoms with Gasteiger partial charge in [0.15, 0.2) is 11.5 Å². The SMILES string of the molecule is COc1n[nH]c2ncc(NC(=O)c3c(F)ccc(NS(=O)(=O)CC4CC4)c3F)cc12. The lowest BCUT2D eigenvalue weighted by molar-refractivity contribution is 0.101. The number of pyridine rings is 1. The minimum absolute atomic E-state index is 0.0381. The Morgan fingerprint density at radius 2 is 2.10 bits per heavy atom. The summed E-state index contributed by atoms with van der Waals surface area (Å²) >= 11 is 0. The van der Waals surface area contributed by atoms with E-state index in [4.69, 9.17) is 4.74 Å². The number of carbonyl (C=O) groups is 1. The molecule has 158 valence electrons. The molecule has 4 rings (SSSR count). The second-order valence-electron chi connectivity index (χ2n) is 6.92. The molecule has 0 radical (unpaired) electrons. The van der Waals surface area contributed by atoms with Gasteiger partial charge in [-0.3, -0.25) is 14.6 Å². The van der Waals surface area contributed by atoms with Crippen LogP contribution in [0.2, 0.25) is 0 Å². The van der Waals surface area contributed by atoms with Gasteiger partial charge in [-0.2, -0.15) is 0 Å². The van der Waals surface area contributed by atoms with Crippen LogP contribution in [0.25, 0.3) is 11.0 Å². The van der Waals surface area contributed by atoms with Crippen molar-refractivity contribution in [1.82, 2.24) is 15.2 Å². The van der Waals surface area contributed by atoms with Crippen LogP contribution in [0.15, 0.2) is 24.4 Å². The van der Waals surface area contributed by atoms with Crippen molar-refractivity contribution in [3.8, 4) is 5.88 Å². The summed E-state index contributed by atoms with van der Waals surface area (Å²) in [6, 6.07) is 3.24. The number of rotatable bonds is 7. The van der Waals surface area contributed by atoms with Crippen LogP contribution in [-0.4, -0.2) is 42.4 Å². The van der Waals surface area contributed by atoms with E-state index in [1.165, 1.54) is 19.4 Å². The standard InChI is InChI=1S/C18H17F2N5O4S/c1-29-18-11-6-10(7-21-16(11)23-24-18)22-17(26)14-12(19)4-5-13(15(14)20)25-30(27,28)8-9-2-3-9/h4-7,9,25H,2-3,8H2,1H3,(H,22,26)(H,21,23,24). The van der Waals surface area contributed by atoms with Crippen molar-refractivity contribution in [3.63, 3.8) is 0 Å². The second-order valence-corrected chi connectivity index (χ2v) is 8.68. The van der Waals surface area contributed by atoms with Gasteiger partial charge in [0.25, 0.3) is 5.91 Å². The Hall–Kier alpha value is -3.28. The Morgan fingerprint density at radius 1 is 1.33 bits per heavy atom. The first-order valence-corrected chi connectivity index (χ1v) is 10.6. The largest absolute Gasteiger partial charge is 0.479 e. The molecule has 0 spiro atoms. The summed E-state index contributed by atoms with van der Waals surface area (Å²) in [6.07, 6.45) is 2.86. The van der Waals surface area contributed by atoms with E-state index < -0.39 is 38.8 Å². The molecule has 1 fully saturated rings. The van der Waals surface area contributed by atoms with E-state index in [0.29, 0.717) is 11.0 Å². The van der Waals surface area contributed by atoms with Gasteiger partial charge >= 0.3 is 0 Å². The van der Waals surface area contributed by atoms with Gasteiger partial charge in [0.2, 0.25) is 15.9 Å². The van der Waals surface area contributed by atoms with Gasteiger partial charge in [0.1, 0.15) is 11.4 Å². The Labute approximate surface area is 169 Å². The van der Waals surface area contributed by atoms with Crippen LogP contribution in [0.4, 0.5) is 20.2 Å². The van der Waals surface area contributed by atoms with Crippen molar-refractivity contribution in [3.05, 3.63) is 41.6 Å². The monoisotopic (exact) mass is 437 g/mol. The zero-order chi connectivity index (χ0) is 21.5. The molecule has 3 N–H and O–H groups in total. The molecular weight excluding hydrogens is 420 g/mol. The fourth-order valence-corrected chi connectivity index (χ4v) is 4.47. The van der Waals surface area contributed by atoms with Gasteiger partial charge in [0.05, 0.1) is 35.8 Å². The molecule has 1 amide bonds. The minimum Gasteiger partial charge on any atom is -0.479 e. The van der Waals surface area contributed by atoms with E-state index >= 15 is 0 Å². The Morgan fingerprint density at radius 3 is 2.80 bits per heavy atom. The van der Waals surface area contributed by atoms with Crippen molar-refractivity contribution >= 4 is 38.3 Å². The third-order valence-electron chi connectivity index (χ3n) is 4.57. The van der Waals surface area contributed by atoms with Crippen molar-refractivity contribution in [1.29, 1.82) is 0 Å². The molecule has 1 aliphatic carbocycles. The number of methoxy groups -OCH3 is 1. The maximum Gasteiger partial charge on any atom is 0.261 e. The highest BCUT2D eigenvalue weighted by Gasteiger charge is 2.29. The highest BCUT2D eigenvalue weighted by molar-refractivity contribution is 7.92. The van der Waals surface area contributed by atoms with E-state index in [2.05, 4.69) is 25.2 Å². The van der Waals surface area contributed by atoms with E-state index in [0.717, 1.165) is 25.0 Å². The van der Waals surface area contributed by atoms with E-state index in [9.17, 15) is 22.0 Å². The second kappa shape index (κ2) is 7.52. The highest BCUT2D eigenvalue weighted by atomic mass is 32.2. The molecule has 1 aromatic carbocycles. The van der Waals surface area contributed by atoms with Crippen LogP contribution in [0, 0.1) is 17.6 Å². The first-order valence-electron chi connectivity index (χ1n) is 8.95. The summed E-state index contributed by atoms with van der Waals surface area (Å²) < 4.78 is 60.4. The predicted octanol–water partition coefficient (Wildman–Crippen LogP) is 2.65. The van der Waals surface area contributed by atoms with Crippen LogP contribution >= 0.6 is 0 Å². The van der Waals surface area contributed by atoms with Gasteiger partial charge in [-0.05, 0) is 37.0 Å². The number of aromatic nitrogens is 3. The quantitative estimate of drug-likeness (QED) is 0.522. The fraction of sp³-hybridized carbons (Fsp3) is 0.278. The molecular formula is C18H17F2N5O4S. The van der Waals surface area contributed by atoms with Crippen LogP contribution in [-0.2, 0) is 10.0 Å². The average Bonchev–Trinajstić information content (AvgIpc) is 3.39. The summed E-state index contributed by atoms with van der Waals surface area (Å²) in [5, 5.41) is 9.32. The third kappa shape index (κ3) is 4.03. The number of benzene rings is 1. The number of halogens is 2. The van der Waals surface area contributed by atoms with E-state index in [1.54, 1.807) is 0 Å². The fourth-order valence-electron chi connectivity index (χ4n) is 2.94. The number of sulfonamides is 1. The maximum absolute atomic E-state index is 14.8. The molecule has 0 saturated heterocycles. The normalized spacial score (nSPS) is 14.0. The molecule has 0 atom stereocenters. The molecule has 12 heteroatoms. The Bertz CT molecular complexity index is 1240. The molecule has 0 bridgehead atoms. The van der Waals surface area contributed by atoms with E-state index in [1.807, 2.05) is 0 Å². The lowest BCUT2D eigenvalue weighted by Crippen LogP contribution is -2.21. The molecule has 2 aromatic heterocycles. The van der Waals surface area contributed by atoms with Crippen molar-refractivity contribution < 1.29 is 26.7 Å². The van der Waals surface area contributed by atoms with Crippen LogP contribution in [0.3, 0.4) is 0 Å². The lowest BCUT2D eigenvalue weighted by atomic mass is 10.1. The molecule has 1 aliphatic rings. The summed E-state index contributed by atoms with van der Waals surface area (Å²) in [6.45, 7) is 0. The molecule has 30 heavy (non-hydrogen) atoms. The smallest absolute Gasteiger partial charge is 0.261 e. The number of anilines is 2. The minimum atomic E-state index is -3.81. The van der Waals surface area contributed by atoms with Gasteiger partial charge in [-0.1, -0.05) is 0 Å². The zero-order valence-electron chi connectivity index (χ0n) is 15.7. The van der Waals surface area contributed by atoms with Gasteiger partial charge in [-0.25, -0.2) is 22.2 Å². The number of ether oxygens (including phenoxy) is 1. The summed E-state index contributed by atoms with van der Waals surface area (Å²) in [5.74, 6) is -3.42. The van der Waals surface area contributed by atoms with Crippen LogP contribution < -0.4 is 14.8 Å². The first-order chi connectivity index (χ1) is 14.3. The first kappa shape index (κ1) is 20.0. The summed E-state index contributed by atoms with van der Waals surface area (Å²) in [7, 11) is -2.41. The van der Waals surface area contributed by atoms with Crippen molar-refractivity contribution in [2.75, 3.05) is 22.9 Å². The van der Waals surface area contributed by atoms with Crippen molar-refractivity contribution in [2.24, 2.45) is 5.92 Å². The number of hydrogen-bond acceptors (Lipinski definition) is 6. The van der Waals surface area contributed by atoms with Gasteiger partial charge < -0.3 is 10.1 Å². The molecule has 1 saturated carbocycles. The van der Waals surface area contributed by atoms with Crippen LogP contribution in [0.1, 0.15) is 23.2 Å².